The molecule has 1 aromatic carbocycles. The summed E-state index contributed by atoms with van der Waals surface area (Å²) in [6.07, 6.45) is 2.57. The Balaban J connectivity index is 1.56. The van der Waals surface area contributed by atoms with E-state index in [1.54, 1.807) is 18.4 Å². The molecule has 0 radical (unpaired) electrons. The first-order chi connectivity index (χ1) is 14.0. The molecule has 0 saturated carbocycles. The zero-order valence-corrected chi connectivity index (χ0v) is 18.0. The van der Waals surface area contributed by atoms with Crippen molar-refractivity contribution in [2.24, 2.45) is 0 Å². The second kappa shape index (κ2) is 10.9. The quantitative estimate of drug-likeness (QED) is 0.607. The van der Waals surface area contributed by atoms with Crippen LogP contribution in [0.2, 0.25) is 0 Å². The number of aromatic nitrogens is 1. The molecular formula is C21H31N3O4S. The number of aliphatic hydroxyl groups excluding tert-OH is 2. The highest BCUT2D eigenvalue weighted by atomic mass is 32.1. The Labute approximate surface area is 176 Å². The number of benzene rings is 1. The molecule has 0 unspecified atom stereocenters. The molecule has 3 rings (SSSR count). The van der Waals surface area contributed by atoms with E-state index in [0.29, 0.717) is 13.1 Å². The van der Waals surface area contributed by atoms with Gasteiger partial charge in [0.15, 0.2) is 0 Å². The lowest BCUT2D eigenvalue weighted by atomic mass is 10.1. The van der Waals surface area contributed by atoms with Crippen molar-refractivity contribution in [1.82, 2.24) is 14.8 Å². The van der Waals surface area contributed by atoms with Crippen LogP contribution in [0.1, 0.15) is 23.4 Å². The predicted molar refractivity (Wildman–Crippen MR) is 113 cm³/mol. The normalized spacial score (nSPS) is 16.9. The van der Waals surface area contributed by atoms with Crippen LogP contribution in [0.15, 0.2) is 29.8 Å². The van der Waals surface area contributed by atoms with Crippen molar-refractivity contribution in [3.8, 4) is 11.5 Å². The van der Waals surface area contributed by atoms with Gasteiger partial charge in [-0.1, -0.05) is 0 Å². The number of β-amino-alcohol motifs (C(OH)–C–C–N with tert-alkyl or cyclic N) is 1. The maximum Gasteiger partial charge on any atom is 0.124 e. The van der Waals surface area contributed by atoms with Crippen LogP contribution < -0.4 is 9.47 Å². The summed E-state index contributed by atoms with van der Waals surface area (Å²) in [6, 6.07) is 5.75. The Bertz CT molecular complexity index is 736. The van der Waals surface area contributed by atoms with E-state index >= 15 is 0 Å². The molecule has 0 spiro atoms. The topological polar surface area (TPSA) is 78.3 Å². The summed E-state index contributed by atoms with van der Waals surface area (Å²) in [4.78, 5) is 8.70. The highest BCUT2D eigenvalue weighted by molar-refractivity contribution is 7.09. The van der Waals surface area contributed by atoms with Gasteiger partial charge < -0.3 is 24.6 Å². The molecule has 160 valence electrons. The second-order valence-corrected chi connectivity index (χ2v) is 8.55. The fraction of sp³-hybridized carbons (Fsp3) is 0.571. The molecule has 0 bridgehead atoms. The molecule has 2 aromatic rings. The van der Waals surface area contributed by atoms with Gasteiger partial charge in [0.2, 0.25) is 0 Å². The van der Waals surface area contributed by atoms with Crippen molar-refractivity contribution in [3.63, 3.8) is 0 Å². The summed E-state index contributed by atoms with van der Waals surface area (Å²) >= 11 is 1.64. The molecule has 8 heteroatoms. The lowest BCUT2D eigenvalue weighted by Crippen LogP contribution is -2.41. The Hall–Kier alpha value is -1.71. The molecule has 2 heterocycles. The largest absolute Gasteiger partial charge is 0.497 e. The number of hydrogen-bond donors (Lipinski definition) is 2. The molecule has 1 fully saturated rings. The highest BCUT2D eigenvalue weighted by Crippen LogP contribution is 2.26. The second-order valence-electron chi connectivity index (χ2n) is 7.57. The molecule has 1 aliphatic heterocycles. The standard InChI is InChI=1S/C21H31N3O4S/c1-23(14-21-22-7-10-29-21)12-16-11-19(27-2)3-4-20(16)28-15-18(26)13-24-8-5-17(25)6-9-24/h3-4,7,10-11,17-18,25-26H,5-6,8-9,12-15H2,1-2H3/t18-/m0/s1. The zero-order chi connectivity index (χ0) is 20.6. The molecule has 1 saturated heterocycles. The smallest absolute Gasteiger partial charge is 0.124 e. The predicted octanol–water partition coefficient (Wildman–Crippen LogP) is 1.98. The van der Waals surface area contributed by atoms with Gasteiger partial charge in [0, 0.05) is 43.3 Å². The van der Waals surface area contributed by atoms with Gasteiger partial charge in [0.1, 0.15) is 29.2 Å². The molecule has 1 aliphatic rings. The number of rotatable bonds is 10. The Morgan fingerprint density at radius 1 is 1.31 bits per heavy atom. The fourth-order valence-electron chi connectivity index (χ4n) is 3.49. The van der Waals surface area contributed by atoms with Gasteiger partial charge in [-0.15, -0.1) is 11.3 Å². The van der Waals surface area contributed by atoms with Gasteiger partial charge in [-0.05, 0) is 38.1 Å². The van der Waals surface area contributed by atoms with Gasteiger partial charge in [0.05, 0.1) is 19.8 Å². The van der Waals surface area contributed by atoms with Gasteiger partial charge in [-0.25, -0.2) is 4.98 Å². The number of ether oxygens (including phenoxy) is 2. The molecule has 0 amide bonds. The maximum atomic E-state index is 10.4. The molecule has 1 aromatic heterocycles. The summed E-state index contributed by atoms with van der Waals surface area (Å²) in [5, 5.41) is 23.1. The number of hydrogen-bond acceptors (Lipinski definition) is 8. The number of thiazole rings is 1. The number of piperidine rings is 1. The lowest BCUT2D eigenvalue weighted by Gasteiger charge is -2.31. The van der Waals surface area contributed by atoms with Gasteiger partial charge in [0.25, 0.3) is 0 Å². The Kier molecular flexibility index (Phi) is 8.26. The average Bonchev–Trinajstić information content (AvgIpc) is 3.21. The van der Waals surface area contributed by atoms with Crippen molar-refractivity contribution in [2.45, 2.75) is 38.1 Å². The van der Waals surface area contributed by atoms with Crippen molar-refractivity contribution >= 4 is 11.3 Å². The van der Waals surface area contributed by atoms with Crippen LogP contribution >= 0.6 is 11.3 Å². The van der Waals surface area contributed by atoms with Gasteiger partial charge in [-0.2, -0.15) is 0 Å². The third-order valence-electron chi connectivity index (χ3n) is 5.05. The Morgan fingerprint density at radius 3 is 2.79 bits per heavy atom. The van der Waals surface area contributed by atoms with E-state index < -0.39 is 6.10 Å². The Morgan fingerprint density at radius 2 is 2.10 bits per heavy atom. The van der Waals surface area contributed by atoms with Crippen molar-refractivity contribution in [3.05, 3.63) is 40.3 Å². The van der Waals surface area contributed by atoms with Gasteiger partial charge >= 0.3 is 0 Å². The lowest BCUT2D eigenvalue weighted by molar-refractivity contribution is 0.0335. The average molecular weight is 422 g/mol. The summed E-state index contributed by atoms with van der Waals surface area (Å²) in [5.74, 6) is 1.53. The van der Waals surface area contributed by atoms with E-state index in [1.807, 2.05) is 36.8 Å². The zero-order valence-electron chi connectivity index (χ0n) is 17.2. The van der Waals surface area contributed by atoms with Crippen molar-refractivity contribution < 1.29 is 19.7 Å². The van der Waals surface area contributed by atoms with E-state index in [9.17, 15) is 10.2 Å². The first kappa shape index (κ1) is 22.0. The third-order valence-corrected chi connectivity index (χ3v) is 5.82. The van der Waals surface area contributed by atoms with E-state index in [2.05, 4.69) is 14.8 Å². The summed E-state index contributed by atoms with van der Waals surface area (Å²) in [7, 11) is 3.70. The van der Waals surface area contributed by atoms with E-state index in [-0.39, 0.29) is 12.7 Å². The first-order valence-corrected chi connectivity index (χ1v) is 10.9. The summed E-state index contributed by atoms with van der Waals surface area (Å²) in [5.41, 5.74) is 1.01. The monoisotopic (exact) mass is 421 g/mol. The number of nitrogens with zero attached hydrogens (tertiary/aromatic N) is 3. The van der Waals surface area contributed by atoms with Crippen molar-refractivity contribution in [2.75, 3.05) is 40.4 Å². The van der Waals surface area contributed by atoms with Crippen molar-refractivity contribution in [1.29, 1.82) is 0 Å². The molecule has 7 nitrogen and oxygen atoms in total. The van der Waals surface area contributed by atoms with Gasteiger partial charge in [-0.3, -0.25) is 4.90 Å². The van der Waals surface area contributed by atoms with Crippen LogP contribution in [0.5, 0.6) is 11.5 Å². The first-order valence-electron chi connectivity index (χ1n) is 9.98. The minimum absolute atomic E-state index is 0.206. The van der Waals surface area contributed by atoms with Crippen LogP contribution in [0.4, 0.5) is 0 Å². The summed E-state index contributed by atoms with van der Waals surface area (Å²) in [6.45, 7) is 3.86. The van der Waals surface area contributed by atoms with E-state index in [4.69, 9.17) is 9.47 Å². The molecule has 29 heavy (non-hydrogen) atoms. The summed E-state index contributed by atoms with van der Waals surface area (Å²) < 4.78 is 11.3. The van der Waals surface area contributed by atoms with Crippen LogP contribution in [0, 0.1) is 0 Å². The molecule has 1 atom stereocenters. The highest BCUT2D eigenvalue weighted by Gasteiger charge is 2.20. The van der Waals surface area contributed by atoms with E-state index in [0.717, 1.165) is 54.5 Å². The van der Waals surface area contributed by atoms with Crippen LogP contribution in [-0.2, 0) is 13.1 Å². The minimum atomic E-state index is -0.576. The number of methoxy groups -OCH3 is 1. The third kappa shape index (κ3) is 6.94. The molecule has 2 N–H and O–H groups in total. The molecular weight excluding hydrogens is 390 g/mol. The SMILES string of the molecule is COc1ccc(OC[C@@H](O)CN2CCC(O)CC2)c(CN(C)Cc2nccs2)c1. The van der Waals surface area contributed by atoms with Crippen LogP contribution in [0.3, 0.4) is 0 Å². The number of likely N-dealkylation sites (tertiary alicyclic amines) is 1. The van der Waals surface area contributed by atoms with Crippen LogP contribution in [-0.4, -0.2) is 77.6 Å². The number of aliphatic hydroxyl groups is 2. The van der Waals surface area contributed by atoms with E-state index in [1.165, 1.54) is 0 Å². The minimum Gasteiger partial charge on any atom is -0.497 e. The maximum absolute atomic E-state index is 10.4. The van der Waals surface area contributed by atoms with Crippen LogP contribution in [0.25, 0.3) is 0 Å². The molecule has 0 aliphatic carbocycles. The fourth-order valence-corrected chi connectivity index (χ4v) is 4.19.